The molecule has 0 aliphatic carbocycles. The highest BCUT2D eigenvalue weighted by atomic mass is 16.6. The number of aromatic nitrogens is 1. The Bertz CT molecular complexity index is 363. The van der Waals surface area contributed by atoms with Crippen LogP contribution in [0.5, 0.6) is 0 Å². The molecular weight excluding hydrogens is 172 g/mol. The van der Waals surface area contributed by atoms with Crippen molar-refractivity contribution in [2.75, 3.05) is 0 Å². The van der Waals surface area contributed by atoms with E-state index in [1.165, 1.54) is 16.8 Å². The van der Waals surface area contributed by atoms with Crippen molar-refractivity contribution in [1.29, 1.82) is 5.26 Å². The Kier molecular flexibility index (Phi) is 2.62. The number of nitrogens with zero attached hydrogens (tertiary/aromatic N) is 3. The number of nitro groups is 1. The van der Waals surface area contributed by atoms with Gasteiger partial charge >= 0.3 is 0 Å². The van der Waals surface area contributed by atoms with Gasteiger partial charge in [-0.25, -0.2) is 0 Å². The molecule has 0 spiro atoms. The standard InChI is InChI=1S/C7H8N4O2/c8-1-2-10-5-7(11(12)13)3-6(10)4-9/h3,5H,2,4,9H2. The van der Waals surface area contributed by atoms with Gasteiger partial charge in [0.05, 0.1) is 17.2 Å². The third-order valence-corrected chi connectivity index (χ3v) is 1.63. The van der Waals surface area contributed by atoms with Crippen LogP contribution in [-0.2, 0) is 13.1 Å². The molecule has 68 valence electrons. The topological polar surface area (TPSA) is 97.9 Å². The van der Waals surface area contributed by atoms with E-state index in [0.717, 1.165) is 0 Å². The zero-order valence-corrected chi connectivity index (χ0v) is 6.80. The molecule has 0 unspecified atom stereocenters. The lowest BCUT2D eigenvalue weighted by molar-refractivity contribution is -0.384. The number of hydrogen-bond acceptors (Lipinski definition) is 4. The number of nitrogens with two attached hydrogens (primary N) is 1. The van der Waals surface area contributed by atoms with Crippen molar-refractivity contribution in [3.05, 3.63) is 28.1 Å². The summed E-state index contributed by atoms with van der Waals surface area (Å²) in [5, 5.41) is 18.8. The van der Waals surface area contributed by atoms with Crippen LogP contribution in [0, 0.1) is 21.4 Å². The average molecular weight is 180 g/mol. The van der Waals surface area contributed by atoms with Crippen molar-refractivity contribution in [1.82, 2.24) is 4.57 Å². The molecule has 0 saturated heterocycles. The number of rotatable bonds is 3. The monoisotopic (exact) mass is 180 g/mol. The highest BCUT2D eigenvalue weighted by molar-refractivity contribution is 5.31. The first-order chi connectivity index (χ1) is 6.19. The quantitative estimate of drug-likeness (QED) is 0.536. The van der Waals surface area contributed by atoms with Crippen LogP contribution in [0.2, 0.25) is 0 Å². The molecule has 1 heterocycles. The molecule has 1 rings (SSSR count). The summed E-state index contributed by atoms with van der Waals surface area (Å²) in [5.41, 5.74) is 5.90. The maximum absolute atomic E-state index is 10.4. The fourth-order valence-electron chi connectivity index (χ4n) is 1.03. The molecule has 0 atom stereocenters. The summed E-state index contributed by atoms with van der Waals surface area (Å²) < 4.78 is 1.47. The summed E-state index contributed by atoms with van der Waals surface area (Å²) in [6.45, 7) is 0.274. The molecule has 0 aliphatic rings. The summed E-state index contributed by atoms with van der Waals surface area (Å²) in [6.07, 6.45) is 1.31. The molecule has 0 fully saturated rings. The van der Waals surface area contributed by atoms with Gasteiger partial charge in [-0.2, -0.15) is 5.26 Å². The average Bonchev–Trinajstić information content (AvgIpc) is 2.48. The van der Waals surface area contributed by atoms with E-state index in [1.54, 1.807) is 0 Å². The summed E-state index contributed by atoms with van der Waals surface area (Å²) in [4.78, 5) is 9.85. The second kappa shape index (κ2) is 3.69. The zero-order valence-electron chi connectivity index (χ0n) is 6.80. The minimum atomic E-state index is -0.507. The summed E-state index contributed by atoms with van der Waals surface area (Å²) in [5.74, 6) is 0. The van der Waals surface area contributed by atoms with Gasteiger partial charge in [0.15, 0.2) is 0 Å². The SMILES string of the molecule is N#CCn1cc([N+](=O)[O-])cc1CN. The third-order valence-electron chi connectivity index (χ3n) is 1.63. The van der Waals surface area contributed by atoms with Gasteiger partial charge in [0, 0.05) is 18.3 Å². The Balaban J connectivity index is 3.05. The van der Waals surface area contributed by atoms with Crippen LogP contribution < -0.4 is 5.73 Å². The van der Waals surface area contributed by atoms with Crippen molar-refractivity contribution in [3.8, 4) is 6.07 Å². The van der Waals surface area contributed by atoms with E-state index in [2.05, 4.69) is 0 Å². The second-order valence-corrected chi connectivity index (χ2v) is 2.44. The van der Waals surface area contributed by atoms with Crippen LogP contribution in [0.4, 0.5) is 5.69 Å². The zero-order chi connectivity index (χ0) is 9.84. The molecule has 0 aliphatic heterocycles. The summed E-state index contributed by atoms with van der Waals surface area (Å²) >= 11 is 0. The van der Waals surface area contributed by atoms with Crippen molar-refractivity contribution >= 4 is 5.69 Å². The van der Waals surface area contributed by atoms with E-state index in [0.29, 0.717) is 5.69 Å². The van der Waals surface area contributed by atoms with Gasteiger partial charge in [-0.15, -0.1) is 0 Å². The first kappa shape index (κ1) is 9.22. The van der Waals surface area contributed by atoms with E-state index < -0.39 is 4.92 Å². The molecule has 0 aromatic carbocycles. The molecule has 1 aromatic heterocycles. The van der Waals surface area contributed by atoms with Gasteiger partial charge in [0.25, 0.3) is 5.69 Å². The van der Waals surface area contributed by atoms with Gasteiger partial charge in [-0.05, 0) is 0 Å². The minimum Gasteiger partial charge on any atom is -0.330 e. The van der Waals surface area contributed by atoms with Crippen molar-refractivity contribution < 1.29 is 4.92 Å². The highest BCUT2D eigenvalue weighted by Gasteiger charge is 2.11. The normalized spacial score (nSPS) is 9.54. The van der Waals surface area contributed by atoms with E-state index in [9.17, 15) is 10.1 Å². The Morgan fingerprint density at radius 2 is 2.46 bits per heavy atom. The van der Waals surface area contributed by atoms with E-state index >= 15 is 0 Å². The van der Waals surface area contributed by atoms with Gasteiger partial charge in [0.1, 0.15) is 6.54 Å². The summed E-state index contributed by atoms with van der Waals surface area (Å²) in [7, 11) is 0. The van der Waals surface area contributed by atoms with Crippen molar-refractivity contribution in [3.63, 3.8) is 0 Å². The molecule has 0 saturated carbocycles. The van der Waals surface area contributed by atoms with Gasteiger partial charge in [-0.1, -0.05) is 0 Å². The van der Waals surface area contributed by atoms with Gasteiger partial charge in [-0.3, -0.25) is 10.1 Å². The van der Waals surface area contributed by atoms with Crippen molar-refractivity contribution in [2.45, 2.75) is 13.1 Å². The van der Waals surface area contributed by atoms with E-state index in [4.69, 9.17) is 11.0 Å². The third kappa shape index (κ3) is 1.83. The molecular formula is C7H8N4O2. The number of hydrogen-bond donors (Lipinski definition) is 1. The molecule has 6 nitrogen and oxygen atoms in total. The smallest absolute Gasteiger partial charge is 0.287 e. The fraction of sp³-hybridized carbons (Fsp3) is 0.286. The molecule has 0 amide bonds. The Hall–Kier alpha value is -1.87. The van der Waals surface area contributed by atoms with Crippen LogP contribution >= 0.6 is 0 Å². The van der Waals surface area contributed by atoms with Crippen LogP contribution in [0.1, 0.15) is 5.69 Å². The van der Waals surface area contributed by atoms with Crippen LogP contribution in [0.15, 0.2) is 12.3 Å². The molecule has 6 heteroatoms. The largest absolute Gasteiger partial charge is 0.330 e. The predicted molar refractivity (Wildman–Crippen MR) is 44.6 cm³/mol. The van der Waals surface area contributed by atoms with E-state index in [-0.39, 0.29) is 18.8 Å². The molecule has 1 aromatic rings. The first-order valence-corrected chi connectivity index (χ1v) is 3.59. The highest BCUT2D eigenvalue weighted by Crippen LogP contribution is 2.15. The second-order valence-electron chi connectivity index (χ2n) is 2.44. The van der Waals surface area contributed by atoms with Crippen LogP contribution in [0.3, 0.4) is 0 Å². The van der Waals surface area contributed by atoms with Crippen molar-refractivity contribution in [2.24, 2.45) is 5.73 Å². The molecule has 0 radical (unpaired) electrons. The lowest BCUT2D eigenvalue weighted by atomic mass is 10.4. The molecule has 0 bridgehead atoms. The Labute approximate surface area is 74.3 Å². The number of nitriles is 1. The maximum Gasteiger partial charge on any atom is 0.287 e. The maximum atomic E-state index is 10.4. The minimum absolute atomic E-state index is 0.0318. The molecule has 2 N–H and O–H groups in total. The Morgan fingerprint density at radius 3 is 2.92 bits per heavy atom. The van der Waals surface area contributed by atoms with Crippen LogP contribution in [0.25, 0.3) is 0 Å². The van der Waals surface area contributed by atoms with E-state index in [1.807, 2.05) is 6.07 Å². The lowest BCUT2D eigenvalue weighted by Gasteiger charge is -1.98. The van der Waals surface area contributed by atoms with Crippen LogP contribution in [-0.4, -0.2) is 9.49 Å². The lowest BCUT2D eigenvalue weighted by Crippen LogP contribution is -2.05. The summed E-state index contributed by atoms with van der Waals surface area (Å²) in [6, 6.07) is 3.27. The predicted octanol–water partition coefficient (Wildman–Crippen LogP) is 0.379. The fourth-order valence-corrected chi connectivity index (χ4v) is 1.03. The molecule has 13 heavy (non-hydrogen) atoms. The Morgan fingerprint density at radius 1 is 1.77 bits per heavy atom. The van der Waals surface area contributed by atoms with Gasteiger partial charge in [0.2, 0.25) is 0 Å². The van der Waals surface area contributed by atoms with Gasteiger partial charge < -0.3 is 10.3 Å². The first-order valence-electron chi connectivity index (χ1n) is 3.59.